The number of furan rings is 1. The monoisotopic (exact) mass is 339 g/mol. The Bertz CT molecular complexity index is 974. The standard InChI is InChI=1S/C19H14FNO4/c1-24-19(23)17-11-13-10-14(7-8-16(13)25-17)21-18(22)9-6-12-4-2-3-5-15(12)20/h2-11H,1H3,(H,21,22). The molecule has 1 N–H and O–H groups in total. The lowest BCUT2D eigenvalue weighted by molar-refractivity contribution is -0.111. The van der Waals surface area contributed by atoms with Crippen LogP contribution in [0.25, 0.3) is 17.0 Å². The van der Waals surface area contributed by atoms with Gasteiger partial charge in [0.05, 0.1) is 7.11 Å². The van der Waals surface area contributed by atoms with E-state index in [1.807, 2.05) is 0 Å². The number of hydrogen-bond donors (Lipinski definition) is 1. The highest BCUT2D eigenvalue weighted by atomic mass is 19.1. The number of methoxy groups -OCH3 is 1. The molecule has 3 rings (SSSR count). The predicted molar refractivity (Wildman–Crippen MR) is 91.6 cm³/mol. The van der Waals surface area contributed by atoms with Crippen molar-refractivity contribution >= 4 is 34.6 Å². The van der Waals surface area contributed by atoms with E-state index in [9.17, 15) is 14.0 Å². The number of fused-ring (bicyclic) bond motifs is 1. The zero-order chi connectivity index (χ0) is 17.8. The molecular formula is C19H14FNO4. The molecule has 0 bridgehead atoms. The molecule has 0 spiro atoms. The van der Waals surface area contributed by atoms with E-state index in [0.717, 1.165) is 0 Å². The van der Waals surface area contributed by atoms with Crippen LogP contribution in [0.15, 0.2) is 59.0 Å². The molecule has 0 saturated carbocycles. The SMILES string of the molecule is COC(=O)c1cc2cc(NC(=O)C=Cc3ccccc3F)ccc2o1. The second-order valence-corrected chi connectivity index (χ2v) is 5.20. The molecule has 0 aliphatic rings. The highest BCUT2D eigenvalue weighted by molar-refractivity contribution is 6.03. The summed E-state index contributed by atoms with van der Waals surface area (Å²) in [4.78, 5) is 23.4. The lowest BCUT2D eigenvalue weighted by Gasteiger charge is -2.02. The number of esters is 1. The van der Waals surface area contributed by atoms with E-state index in [1.165, 1.54) is 31.4 Å². The normalized spacial score (nSPS) is 11.0. The van der Waals surface area contributed by atoms with Crippen molar-refractivity contribution in [3.8, 4) is 0 Å². The molecule has 0 aliphatic carbocycles. The number of hydrogen-bond acceptors (Lipinski definition) is 4. The van der Waals surface area contributed by atoms with Gasteiger partial charge in [-0.2, -0.15) is 0 Å². The quantitative estimate of drug-likeness (QED) is 0.576. The number of anilines is 1. The van der Waals surface area contributed by atoms with Crippen molar-refractivity contribution in [3.05, 3.63) is 71.7 Å². The van der Waals surface area contributed by atoms with Gasteiger partial charge in [0.1, 0.15) is 11.4 Å². The maximum Gasteiger partial charge on any atom is 0.373 e. The molecule has 0 aliphatic heterocycles. The number of amides is 1. The van der Waals surface area contributed by atoms with Gasteiger partial charge in [0.2, 0.25) is 11.7 Å². The first-order chi connectivity index (χ1) is 12.1. The summed E-state index contributed by atoms with van der Waals surface area (Å²) >= 11 is 0. The van der Waals surface area contributed by atoms with Gasteiger partial charge in [-0.25, -0.2) is 9.18 Å². The number of nitrogens with one attached hydrogen (secondary N) is 1. The number of carbonyl (C=O) groups is 2. The fraction of sp³-hybridized carbons (Fsp3) is 0.0526. The minimum atomic E-state index is -0.574. The van der Waals surface area contributed by atoms with Crippen molar-refractivity contribution in [1.82, 2.24) is 0 Å². The van der Waals surface area contributed by atoms with E-state index in [-0.39, 0.29) is 5.76 Å². The summed E-state index contributed by atoms with van der Waals surface area (Å²) in [6.07, 6.45) is 2.65. The molecule has 0 fully saturated rings. The number of ether oxygens (including phenoxy) is 1. The maximum absolute atomic E-state index is 13.5. The highest BCUT2D eigenvalue weighted by Crippen LogP contribution is 2.23. The molecule has 1 heterocycles. The van der Waals surface area contributed by atoms with Gasteiger partial charge >= 0.3 is 5.97 Å². The smallest absolute Gasteiger partial charge is 0.373 e. The summed E-state index contributed by atoms with van der Waals surface area (Å²) in [7, 11) is 1.27. The molecule has 0 unspecified atom stereocenters. The van der Waals surface area contributed by atoms with Gasteiger partial charge in [-0.15, -0.1) is 0 Å². The van der Waals surface area contributed by atoms with Crippen LogP contribution in [-0.4, -0.2) is 19.0 Å². The molecule has 6 heteroatoms. The lowest BCUT2D eigenvalue weighted by Crippen LogP contribution is -2.07. The van der Waals surface area contributed by atoms with Crippen molar-refractivity contribution < 1.29 is 23.1 Å². The van der Waals surface area contributed by atoms with Crippen molar-refractivity contribution in [2.45, 2.75) is 0 Å². The summed E-state index contributed by atoms with van der Waals surface area (Å²) in [6.45, 7) is 0. The van der Waals surface area contributed by atoms with E-state index in [4.69, 9.17) is 4.42 Å². The minimum Gasteiger partial charge on any atom is -0.463 e. The molecular weight excluding hydrogens is 325 g/mol. The Morgan fingerprint density at radius 2 is 1.96 bits per heavy atom. The Kier molecular flexibility index (Phi) is 4.61. The fourth-order valence-electron chi connectivity index (χ4n) is 2.28. The van der Waals surface area contributed by atoms with Crippen LogP contribution < -0.4 is 5.32 Å². The van der Waals surface area contributed by atoms with Gasteiger partial charge in [0.25, 0.3) is 0 Å². The third-order valence-corrected chi connectivity index (χ3v) is 3.49. The van der Waals surface area contributed by atoms with Gasteiger partial charge in [0.15, 0.2) is 0 Å². The van der Waals surface area contributed by atoms with E-state index < -0.39 is 17.7 Å². The van der Waals surface area contributed by atoms with Crippen LogP contribution in [0.5, 0.6) is 0 Å². The predicted octanol–water partition coefficient (Wildman–Crippen LogP) is 4.01. The van der Waals surface area contributed by atoms with Crippen LogP contribution in [-0.2, 0) is 9.53 Å². The third kappa shape index (κ3) is 3.74. The Morgan fingerprint density at radius 1 is 1.16 bits per heavy atom. The highest BCUT2D eigenvalue weighted by Gasteiger charge is 2.12. The molecule has 3 aromatic rings. The summed E-state index contributed by atoms with van der Waals surface area (Å²) < 4.78 is 23.5. The van der Waals surface area contributed by atoms with Crippen molar-refractivity contribution in [2.75, 3.05) is 12.4 Å². The zero-order valence-corrected chi connectivity index (χ0v) is 13.3. The molecule has 25 heavy (non-hydrogen) atoms. The van der Waals surface area contributed by atoms with Gasteiger partial charge < -0.3 is 14.5 Å². The number of carbonyl (C=O) groups excluding carboxylic acids is 2. The topological polar surface area (TPSA) is 68.5 Å². The third-order valence-electron chi connectivity index (χ3n) is 3.49. The summed E-state index contributed by atoms with van der Waals surface area (Å²) in [6, 6.07) is 12.6. The van der Waals surface area contributed by atoms with Gasteiger partial charge in [-0.3, -0.25) is 4.79 Å². The van der Waals surface area contributed by atoms with E-state index in [0.29, 0.717) is 22.2 Å². The summed E-state index contributed by atoms with van der Waals surface area (Å²) in [5.41, 5.74) is 1.35. The Hall–Kier alpha value is -3.41. The van der Waals surface area contributed by atoms with E-state index >= 15 is 0 Å². The second-order valence-electron chi connectivity index (χ2n) is 5.20. The van der Waals surface area contributed by atoms with Crippen LogP contribution in [0.1, 0.15) is 16.1 Å². The number of benzene rings is 2. The van der Waals surface area contributed by atoms with Crippen LogP contribution in [0.4, 0.5) is 10.1 Å². The molecule has 0 atom stereocenters. The average Bonchev–Trinajstić information content (AvgIpc) is 3.03. The van der Waals surface area contributed by atoms with Crippen LogP contribution in [0.3, 0.4) is 0 Å². The van der Waals surface area contributed by atoms with Crippen LogP contribution >= 0.6 is 0 Å². The van der Waals surface area contributed by atoms with E-state index in [1.54, 1.807) is 36.4 Å². The molecule has 5 nitrogen and oxygen atoms in total. The molecule has 0 radical (unpaired) electrons. The molecule has 2 aromatic carbocycles. The molecule has 126 valence electrons. The van der Waals surface area contributed by atoms with Gasteiger partial charge in [0, 0.05) is 22.7 Å². The Labute approximate surface area is 142 Å². The minimum absolute atomic E-state index is 0.0837. The van der Waals surface area contributed by atoms with Crippen molar-refractivity contribution in [1.29, 1.82) is 0 Å². The van der Waals surface area contributed by atoms with Crippen molar-refractivity contribution in [2.24, 2.45) is 0 Å². The molecule has 1 amide bonds. The first-order valence-corrected chi connectivity index (χ1v) is 7.42. The Morgan fingerprint density at radius 3 is 2.72 bits per heavy atom. The zero-order valence-electron chi connectivity index (χ0n) is 13.3. The van der Waals surface area contributed by atoms with Gasteiger partial charge in [-0.05, 0) is 36.4 Å². The fourth-order valence-corrected chi connectivity index (χ4v) is 2.28. The first kappa shape index (κ1) is 16.4. The summed E-state index contributed by atoms with van der Waals surface area (Å²) in [5.74, 6) is -1.30. The Balaban J connectivity index is 1.75. The number of rotatable bonds is 4. The molecule has 0 saturated heterocycles. The van der Waals surface area contributed by atoms with Crippen molar-refractivity contribution in [3.63, 3.8) is 0 Å². The number of halogens is 1. The largest absolute Gasteiger partial charge is 0.463 e. The van der Waals surface area contributed by atoms with E-state index in [2.05, 4.69) is 10.1 Å². The maximum atomic E-state index is 13.5. The molecule has 1 aromatic heterocycles. The van der Waals surface area contributed by atoms with Crippen LogP contribution in [0.2, 0.25) is 0 Å². The second kappa shape index (κ2) is 7.00. The first-order valence-electron chi connectivity index (χ1n) is 7.42. The van der Waals surface area contributed by atoms with Crippen LogP contribution in [0, 0.1) is 5.82 Å². The van der Waals surface area contributed by atoms with Gasteiger partial charge in [-0.1, -0.05) is 18.2 Å². The average molecular weight is 339 g/mol. The lowest BCUT2D eigenvalue weighted by atomic mass is 10.2. The summed E-state index contributed by atoms with van der Waals surface area (Å²) in [5, 5.41) is 3.32.